The average Bonchev–Trinajstić information content (AvgIpc) is 3.31. The predicted octanol–water partition coefficient (Wildman–Crippen LogP) is 5.05. The summed E-state index contributed by atoms with van der Waals surface area (Å²) in [6.07, 6.45) is 10.3. The number of hydrogen-bond acceptors (Lipinski definition) is 8. The molecule has 4 aromatic heterocycles. The van der Waals surface area contributed by atoms with E-state index in [0.717, 1.165) is 75.8 Å². The fourth-order valence-electron chi connectivity index (χ4n) is 4.55. The number of amides is 1. The van der Waals surface area contributed by atoms with Crippen LogP contribution < -0.4 is 10.6 Å². The highest BCUT2D eigenvalue weighted by molar-refractivity contribution is 7.99. The van der Waals surface area contributed by atoms with Gasteiger partial charge in [0, 0.05) is 34.3 Å². The molecular weight excluding hydrogens is 528 g/mol. The van der Waals surface area contributed by atoms with Gasteiger partial charge in [-0.1, -0.05) is 11.3 Å². The number of thiazole rings is 1. The summed E-state index contributed by atoms with van der Waals surface area (Å²) in [5.41, 5.74) is 3.86. The van der Waals surface area contributed by atoms with Gasteiger partial charge >= 0.3 is 0 Å². The van der Waals surface area contributed by atoms with E-state index in [1.165, 1.54) is 11.3 Å². The normalized spacial score (nSPS) is 16.2. The van der Waals surface area contributed by atoms with E-state index >= 15 is 0 Å². The van der Waals surface area contributed by atoms with E-state index < -0.39 is 0 Å². The zero-order valence-electron chi connectivity index (χ0n) is 19.8. The molecular formula is C25H25ClN8OS2. The fraction of sp³-hybridized carbons (Fsp3) is 0.320. The lowest BCUT2D eigenvalue weighted by Crippen LogP contribution is -2.29. The lowest BCUT2D eigenvalue weighted by molar-refractivity contribution is -0.117. The van der Waals surface area contributed by atoms with Crippen molar-refractivity contribution < 1.29 is 4.79 Å². The summed E-state index contributed by atoms with van der Waals surface area (Å²) in [7, 11) is 0. The number of halogens is 1. The van der Waals surface area contributed by atoms with Crippen LogP contribution in [-0.4, -0.2) is 48.4 Å². The van der Waals surface area contributed by atoms with Crippen molar-refractivity contribution in [3.05, 3.63) is 48.9 Å². The van der Waals surface area contributed by atoms with Crippen molar-refractivity contribution in [1.29, 1.82) is 0 Å². The third kappa shape index (κ3) is 4.96. The number of anilines is 1. The molecule has 7 rings (SSSR count). The number of pyridine rings is 1. The Morgan fingerprint density at radius 2 is 1.92 bits per heavy atom. The molecule has 2 aliphatic rings. The number of piperidine rings is 1. The number of fused-ring (bicyclic) bond motifs is 2. The number of carbonyl (C=O) groups excluding carboxylic acids is 1. The molecule has 0 atom stereocenters. The second-order valence-electron chi connectivity index (χ2n) is 9.33. The van der Waals surface area contributed by atoms with Gasteiger partial charge in [-0.2, -0.15) is 5.10 Å². The number of nitrogens with one attached hydrogen (secondary N) is 2. The van der Waals surface area contributed by atoms with Crippen molar-refractivity contribution in [3.8, 4) is 11.1 Å². The average molecular weight is 553 g/mol. The van der Waals surface area contributed by atoms with Gasteiger partial charge in [0.2, 0.25) is 5.91 Å². The summed E-state index contributed by atoms with van der Waals surface area (Å²) in [5, 5.41) is 21.3. The topological polar surface area (TPSA) is 102 Å². The van der Waals surface area contributed by atoms with E-state index in [1.807, 2.05) is 28.8 Å². The van der Waals surface area contributed by atoms with Gasteiger partial charge in [-0.05, 0) is 80.9 Å². The summed E-state index contributed by atoms with van der Waals surface area (Å²) >= 11 is 3.06. The maximum Gasteiger partial charge on any atom is 0.229 e. The summed E-state index contributed by atoms with van der Waals surface area (Å²) in [6, 6.07) is 10.6. The minimum Gasteiger partial charge on any atom is -0.317 e. The Hall–Kier alpha value is -2.99. The summed E-state index contributed by atoms with van der Waals surface area (Å²) in [4.78, 5) is 17.7. The highest BCUT2D eigenvalue weighted by Gasteiger charge is 2.30. The van der Waals surface area contributed by atoms with Gasteiger partial charge in [0.15, 0.2) is 15.9 Å². The number of aromatic nitrogens is 6. The van der Waals surface area contributed by atoms with Gasteiger partial charge in [-0.3, -0.25) is 13.9 Å². The summed E-state index contributed by atoms with van der Waals surface area (Å²) in [6.45, 7) is 2.08. The molecule has 2 N–H and O–H groups in total. The number of hydrogen-bond donors (Lipinski definition) is 2. The Labute approximate surface area is 227 Å². The minimum atomic E-state index is 0. The summed E-state index contributed by atoms with van der Waals surface area (Å²) < 4.78 is 5.17. The van der Waals surface area contributed by atoms with Crippen LogP contribution in [0.3, 0.4) is 0 Å². The lowest BCUT2D eigenvalue weighted by atomic mass is 10.1. The zero-order valence-corrected chi connectivity index (χ0v) is 22.3. The van der Waals surface area contributed by atoms with Crippen LogP contribution in [0.5, 0.6) is 0 Å². The number of carbonyl (C=O) groups is 1. The van der Waals surface area contributed by atoms with E-state index in [4.69, 9.17) is 0 Å². The van der Waals surface area contributed by atoms with Crippen LogP contribution in [0.2, 0.25) is 0 Å². The first-order valence-corrected chi connectivity index (χ1v) is 13.8. The Bertz CT molecular complexity index is 1580. The first kappa shape index (κ1) is 24.4. The highest BCUT2D eigenvalue weighted by atomic mass is 35.5. The van der Waals surface area contributed by atoms with Crippen molar-refractivity contribution in [2.24, 2.45) is 5.92 Å². The van der Waals surface area contributed by atoms with Gasteiger partial charge in [-0.15, -0.1) is 22.6 Å². The van der Waals surface area contributed by atoms with Crippen molar-refractivity contribution in [2.45, 2.75) is 41.8 Å². The molecule has 0 radical (unpaired) electrons. The second kappa shape index (κ2) is 10.1. The molecule has 37 heavy (non-hydrogen) atoms. The van der Waals surface area contributed by atoms with Crippen molar-refractivity contribution in [1.82, 2.24) is 34.7 Å². The second-order valence-corrected chi connectivity index (χ2v) is 11.4. The molecule has 0 bridgehead atoms. The van der Waals surface area contributed by atoms with Crippen molar-refractivity contribution in [2.75, 3.05) is 18.4 Å². The number of nitrogens with zero attached hydrogens (tertiary/aromatic N) is 6. The number of rotatable bonds is 6. The fourth-order valence-corrected chi connectivity index (χ4v) is 6.38. The van der Waals surface area contributed by atoms with Crippen LogP contribution >= 0.6 is 35.5 Å². The molecule has 1 saturated heterocycles. The first-order valence-electron chi connectivity index (χ1n) is 12.2. The zero-order chi connectivity index (χ0) is 24.1. The molecule has 12 heteroatoms. The SMILES string of the molecule is Cl.O=C(Nc1nc2ccc(Sc3nnc4ccc(-c5cnn(C6CCNCC6)c5)cn34)cc2s1)C1CC1. The molecule has 2 fully saturated rings. The molecule has 0 spiro atoms. The van der Waals surface area contributed by atoms with Crippen molar-refractivity contribution >= 4 is 62.4 Å². The van der Waals surface area contributed by atoms with E-state index in [2.05, 4.69) is 60.1 Å². The van der Waals surface area contributed by atoms with Crippen LogP contribution in [0, 0.1) is 5.92 Å². The highest BCUT2D eigenvalue weighted by Crippen LogP contribution is 2.35. The van der Waals surface area contributed by atoms with Gasteiger partial charge < -0.3 is 10.6 Å². The smallest absolute Gasteiger partial charge is 0.229 e. The Kier molecular flexibility index (Phi) is 6.62. The summed E-state index contributed by atoms with van der Waals surface area (Å²) in [5.74, 6) is 0.240. The monoisotopic (exact) mass is 552 g/mol. The maximum absolute atomic E-state index is 12.1. The van der Waals surface area contributed by atoms with Crippen LogP contribution in [0.1, 0.15) is 31.7 Å². The van der Waals surface area contributed by atoms with Crippen LogP contribution in [0.15, 0.2) is 59.0 Å². The maximum atomic E-state index is 12.1. The molecule has 0 unspecified atom stereocenters. The van der Waals surface area contributed by atoms with Crippen LogP contribution in [0.25, 0.3) is 27.0 Å². The molecule has 1 aliphatic carbocycles. The molecule has 5 heterocycles. The van der Waals surface area contributed by atoms with Crippen LogP contribution in [-0.2, 0) is 4.79 Å². The Balaban J connectivity index is 0.00000252. The van der Waals surface area contributed by atoms with E-state index in [1.54, 1.807) is 11.8 Å². The Morgan fingerprint density at radius 3 is 2.76 bits per heavy atom. The van der Waals surface area contributed by atoms with Gasteiger partial charge in [0.1, 0.15) is 0 Å². The predicted molar refractivity (Wildman–Crippen MR) is 148 cm³/mol. The molecule has 1 amide bonds. The quantitative estimate of drug-likeness (QED) is 0.304. The third-order valence-corrected chi connectivity index (χ3v) is 8.62. The molecule has 1 aromatic carbocycles. The van der Waals surface area contributed by atoms with E-state index in [-0.39, 0.29) is 24.2 Å². The molecule has 9 nitrogen and oxygen atoms in total. The number of benzene rings is 1. The minimum absolute atomic E-state index is 0. The lowest BCUT2D eigenvalue weighted by Gasteiger charge is -2.22. The van der Waals surface area contributed by atoms with Gasteiger partial charge in [-0.25, -0.2) is 4.98 Å². The van der Waals surface area contributed by atoms with E-state index in [0.29, 0.717) is 11.2 Å². The molecule has 1 aliphatic heterocycles. The standard InChI is InChI=1S/C25H24N8OS2.ClH/c34-23(15-1-2-15)29-24-28-20-5-4-19(11-21(20)36-24)35-25-31-30-22-6-3-16(13-32(22)25)17-12-27-33(14-17)18-7-9-26-10-8-18;/h3-6,11-15,18,26H,1-2,7-10H2,(H,28,29,34);1H. The molecule has 1 saturated carbocycles. The third-order valence-electron chi connectivity index (χ3n) is 6.74. The molecule has 5 aromatic rings. The van der Waals surface area contributed by atoms with Crippen LogP contribution in [0.4, 0.5) is 5.13 Å². The van der Waals surface area contributed by atoms with Gasteiger partial charge in [0.25, 0.3) is 0 Å². The molecule has 190 valence electrons. The first-order chi connectivity index (χ1) is 17.7. The Morgan fingerprint density at radius 1 is 1.05 bits per heavy atom. The van der Waals surface area contributed by atoms with Crippen molar-refractivity contribution in [3.63, 3.8) is 0 Å². The van der Waals surface area contributed by atoms with Gasteiger partial charge in [0.05, 0.1) is 22.5 Å². The largest absolute Gasteiger partial charge is 0.317 e. The van der Waals surface area contributed by atoms with E-state index in [9.17, 15) is 4.79 Å².